The van der Waals surface area contributed by atoms with E-state index in [0.717, 1.165) is 6.07 Å². The van der Waals surface area contributed by atoms with E-state index in [4.69, 9.17) is 16.3 Å². The number of alkyl halides is 3. The van der Waals surface area contributed by atoms with Crippen molar-refractivity contribution in [1.82, 2.24) is 4.98 Å². The van der Waals surface area contributed by atoms with Gasteiger partial charge in [0.05, 0.1) is 11.1 Å². The third-order valence-corrected chi connectivity index (χ3v) is 2.88. The highest BCUT2D eigenvalue weighted by molar-refractivity contribution is 6.31. The predicted molar refractivity (Wildman–Crippen MR) is 70.8 cm³/mol. The molecular weight excluding hydrogens is 307 g/mol. The summed E-state index contributed by atoms with van der Waals surface area (Å²) in [5, 5.41) is -0.289. The Balaban J connectivity index is 2.35. The molecule has 0 fully saturated rings. The quantitative estimate of drug-likeness (QED) is 0.767. The van der Waals surface area contributed by atoms with Crippen molar-refractivity contribution in [2.24, 2.45) is 0 Å². The molecule has 3 nitrogen and oxygen atoms in total. The van der Waals surface area contributed by atoms with Gasteiger partial charge in [-0.1, -0.05) is 23.7 Å². The SMILES string of the molecule is CC(=O)c1ccccc1Oc1ncc(C(F)(F)F)cc1Cl. The summed E-state index contributed by atoms with van der Waals surface area (Å²) in [6, 6.07) is 7.04. The minimum Gasteiger partial charge on any atom is -0.437 e. The molecule has 0 amide bonds. The Morgan fingerprint density at radius 1 is 1.29 bits per heavy atom. The number of rotatable bonds is 3. The fourth-order valence-electron chi connectivity index (χ4n) is 1.61. The van der Waals surface area contributed by atoms with Gasteiger partial charge in [-0.15, -0.1) is 0 Å². The first-order valence-electron chi connectivity index (χ1n) is 5.79. The van der Waals surface area contributed by atoms with Crippen LogP contribution in [0, 0.1) is 0 Å². The lowest BCUT2D eigenvalue weighted by Gasteiger charge is -2.11. The molecule has 0 unspecified atom stereocenters. The van der Waals surface area contributed by atoms with Crippen LogP contribution >= 0.6 is 11.6 Å². The zero-order valence-electron chi connectivity index (χ0n) is 10.7. The molecule has 0 saturated heterocycles. The Labute approximate surface area is 123 Å². The minimum atomic E-state index is -4.54. The van der Waals surface area contributed by atoms with Crippen molar-refractivity contribution in [3.8, 4) is 11.6 Å². The number of hydrogen-bond donors (Lipinski definition) is 0. The van der Waals surface area contributed by atoms with Gasteiger partial charge < -0.3 is 4.74 Å². The zero-order valence-corrected chi connectivity index (χ0v) is 11.5. The first-order valence-corrected chi connectivity index (χ1v) is 6.17. The predicted octanol–water partition coefficient (Wildman–Crippen LogP) is 4.75. The highest BCUT2D eigenvalue weighted by atomic mass is 35.5. The third-order valence-electron chi connectivity index (χ3n) is 2.61. The average molecular weight is 316 g/mol. The van der Waals surface area contributed by atoms with E-state index in [9.17, 15) is 18.0 Å². The van der Waals surface area contributed by atoms with Gasteiger partial charge in [0.25, 0.3) is 0 Å². The van der Waals surface area contributed by atoms with E-state index in [1.807, 2.05) is 0 Å². The van der Waals surface area contributed by atoms with Gasteiger partial charge in [-0.25, -0.2) is 4.98 Å². The maximum Gasteiger partial charge on any atom is 0.417 e. The summed E-state index contributed by atoms with van der Waals surface area (Å²) in [7, 11) is 0. The van der Waals surface area contributed by atoms with Crippen LogP contribution in [0.3, 0.4) is 0 Å². The molecule has 21 heavy (non-hydrogen) atoms. The minimum absolute atomic E-state index is 0.180. The topological polar surface area (TPSA) is 39.2 Å². The molecule has 2 aromatic rings. The third kappa shape index (κ3) is 3.52. The summed E-state index contributed by atoms with van der Waals surface area (Å²) in [5.74, 6) is -0.258. The molecule has 110 valence electrons. The molecule has 1 aromatic heterocycles. The maximum absolute atomic E-state index is 12.5. The van der Waals surface area contributed by atoms with Crippen molar-refractivity contribution < 1.29 is 22.7 Å². The van der Waals surface area contributed by atoms with Crippen LogP contribution in [-0.2, 0) is 6.18 Å². The fourth-order valence-corrected chi connectivity index (χ4v) is 1.81. The van der Waals surface area contributed by atoms with Crippen LogP contribution in [0.25, 0.3) is 0 Å². The first-order chi connectivity index (χ1) is 9.79. The number of benzene rings is 1. The molecule has 0 atom stereocenters. The van der Waals surface area contributed by atoms with Crippen LogP contribution in [0.4, 0.5) is 13.2 Å². The summed E-state index contributed by atoms with van der Waals surface area (Å²) < 4.78 is 42.9. The van der Waals surface area contributed by atoms with Crippen LogP contribution in [-0.4, -0.2) is 10.8 Å². The maximum atomic E-state index is 12.5. The lowest BCUT2D eigenvalue weighted by Crippen LogP contribution is -2.06. The average Bonchev–Trinajstić information content (AvgIpc) is 2.40. The number of halogens is 4. The fraction of sp³-hybridized carbons (Fsp3) is 0.143. The molecule has 0 N–H and O–H groups in total. The highest BCUT2D eigenvalue weighted by Gasteiger charge is 2.31. The second-order valence-electron chi connectivity index (χ2n) is 4.16. The molecular formula is C14H9ClF3NO2. The second-order valence-corrected chi connectivity index (χ2v) is 4.57. The van der Waals surface area contributed by atoms with Crippen molar-refractivity contribution in [3.05, 3.63) is 52.7 Å². The molecule has 0 saturated carbocycles. The van der Waals surface area contributed by atoms with Crippen LogP contribution in [0.1, 0.15) is 22.8 Å². The van der Waals surface area contributed by atoms with Gasteiger partial charge in [0.15, 0.2) is 5.78 Å². The normalized spacial score (nSPS) is 11.3. The monoisotopic (exact) mass is 315 g/mol. The van der Waals surface area contributed by atoms with Crippen molar-refractivity contribution in [2.75, 3.05) is 0 Å². The molecule has 1 heterocycles. The summed E-state index contributed by atoms with van der Waals surface area (Å²) in [6.07, 6.45) is -3.91. The van der Waals surface area contributed by atoms with Gasteiger partial charge in [-0.2, -0.15) is 13.2 Å². The van der Waals surface area contributed by atoms with Crippen LogP contribution in [0.5, 0.6) is 11.6 Å². The van der Waals surface area contributed by atoms with Crippen LogP contribution in [0.2, 0.25) is 5.02 Å². The lowest BCUT2D eigenvalue weighted by atomic mass is 10.1. The summed E-state index contributed by atoms with van der Waals surface area (Å²) in [4.78, 5) is 15.0. The number of carbonyl (C=O) groups excluding carboxylic acids is 1. The lowest BCUT2D eigenvalue weighted by molar-refractivity contribution is -0.137. The number of ether oxygens (including phenoxy) is 1. The van der Waals surface area contributed by atoms with Gasteiger partial charge in [0.2, 0.25) is 5.88 Å². The molecule has 0 bridgehead atoms. The summed E-state index contributed by atoms with van der Waals surface area (Å²) in [6.45, 7) is 1.35. The molecule has 0 aliphatic carbocycles. The van der Waals surface area contributed by atoms with E-state index in [1.165, 1.54) is 19.1 Å². The van der Waals surface area contributed by atoms with Gasteiger partial charge in [-0.05, 0) is 25.1 Å². The van der Waals surface area contributed by atoms with Crippen LogP contribution < -0.4 is 4.74 Å². The Hall–Kier alpha value is -2.08. The van der Waals surface area contributed by atoms with E-state index in [-0.39, 0.29) is 28.0 Å². The van der Waals surface area contributed by atoms with Gasteiger partial charge in [-0.3, -0.25) is 4.79 Å². The van der Waals surface area contributed by atoms with Crippen molar-refractivity contribution in [1.29, 1.82) is 0 Å². The Morgan fingerprint density at radius 2 is 1.95 bits per heavy atom. The number of para-hydroxylation sites is 1. The number of nitrogens with zero attached hydrogens (tertiary/aromatic N) is 1. The molecule has 0 spiro atoms. The molecule has 0 radical (unpaired) electrons. The highest BCUT2D eigenvalue weighted by Crippen LogP contribution is 2.35. The van der Waals surface area contributed by atoms with Gasteiger partial charge >= 0.3 is 6.18 Å². The van der Waals surface area contributed by atoms with Crippen molar-refractivity contribution >= 4 is 17.4 Å². The number of carbonyl (C=O) groups is 1. The molecule has 1 aromatic carbocycles. The van der Waals surface area contributed by atoms with E-state index in [0.29, 0.717) is 6.20 Å². The summed E-state index contributed by atoms with van der Waals surface area (Å²) in [5.41, 5.74) is -0.685. The molecule has 0 aliphatic rings. The number of Topliss-reactive ketones (excluding diaryl/α,β-unsaturated/α-hetero) is 1. The first kappa shape index (κ1) is 15.3. The smallest absolute Gasteiger partial charge is 0.417 e. The number of ketones is 1. The Morgan fingerprint density at radius 3 is 2.52 bits per heavy atom. The zero-order chi connectivity index (χ0) is 15.6. The number of pyridine rings is 1. The second kappa shape index (κ2) is 5.73. The molecule has 2 rings (SSSR count). The Bertz CT molecular complexity index is 686. The number of aromatic nitrogens is 1. The van der Waals surface area contributed by atoms with Gasteiger partial charge in [0.1, 0.15) is 10.8 Å². The molecule has 0 aliphatic heterocycles. The molecule has 7 heteroatoms. The largest absolute Gasteiger partial charge is 0.437 e. The van der Waals surface area contributed by atoms with E-state index in [2.05, 4.69) is 4.98 Å². The van der Waals surface area contributed by atoms with E-state index in [1.54, 1.807) is 12.1 Å². The van der Waals surface area contributed by atoms with Crippen molar-refractivity contribution in [2.45, 2.75) is 13.1 Å². The number of hydrogen-bond acceptors (Lipinski definition) is 3. The van der Waals surface area contributed by atoms with Crippen LogP contribution in [0.15, 0.2) is 36.5 Å². The van der Waals surface area contributed by atoms with E-state index >= 15 is 0 Å². The van der Waals surface area contributed by atoms with Gasteiger partial charge in [0, 0.05) is 6.20 Å². The summed E-state index contributed by atoms with van der Waals surface area (Å²) >= 11 is 5.74. The standard InChI is InChI=1S/C14H9ClF3NO2/c1-8(20)10-4-2-3-5-12(10)21-13-11(15)6-9(7-19-13)14(16,17)18/h2-7H,1H3. The van der Waals surface area contributed by atoms with E-state index < -0.39 is 11.7 Å². The van der Waals surface area contributed by atoms with Crippen molar-refractivity contribution in [3.63, 3.8) is 0 Å². The Kier molecular flexibility index (Phi) is 4.18.